The normalized spacial score (nSPS) is 16.4. The van der Waals surface area contributed by atoms with Crippen LogP contribution < -0.4 is 10.2 Å². The first kappa shape index (κ1) is 18.1. The Bertz CT molecular complexity index is 946. The van der Waals surface area contributed by atoms with E-state index in [0.29, 0.717) is 21.3 Å². The molecular formula is C17H9BrCl2N2O2S. The maximum Gasteiger partial charge on any atom is 0.270 e. The molecule has 25 heavy (non-hydrogen) atoms. The van der Waals surface area contributed by atoms with Crippen molar-refractivity contribution in [1.82, 2.24) is 5.32 Å². The number of halogens is 3. The van der Waals surface area contributed by atoms with Crippen LogP contribution in [-0.4, -0.2) is 16.9 Å². The summed E-state index contributed by atoms with van der Waals surface area (Å²) in [5.41, 5.74) is 0.974. The van der Waals surface area contributed by atoms with Gasteiger partial charge in [-0.1, -0.05) is 51.3 Å². The minimum absolute atomic E-state index is 0.0208. The zero-order valence-corrected chi connectivity index (χ0v) is 16.3. The van der Waals surface area contributed by atoms with Gasteiger partial charge >= 0.3 is 0 Å². The van der Waals surface area contributed by atoms with Gasteiger partial charge in [0.05, 0.1) is 5.69 Å². The van der Waals surface area contributed by atoms with Crippen LogP contribution in [0.15, 0.2) is 52.5 Å². The van der Waals surface area contributed by atoms with Gasteiger partial charge in [0, 0.05) is 14.5 Å². The zero-order valence-electron chi connectivity index (χ0n) is 12.4. The molecule has 0 spiro atoms. The molecule has 0 aromatic heterocycles. The molecule has 1 fully saturated rings. The molecule has 2 aromatic rings. The molecule has 2 aromatic carbocycles. The van der Waals surface area contributed by atoms with Gasteiger partial charge in [0.2, 0.25) is 0 Å². The van der Waals surface area contributed by atoms with E-state index < -0.39 is 11.8 Å². The van der Waals surface area contributed by atoms with E-state index in [9.17, 15) is 9.59 Å². The van der Waals surface area contributed by atoms with Gasteiger partial charge in [0.1, 0.15) is 5.57 Å². The SMILES string of the molecule is O=C1NC(=S)N(c2cccc(Br)c2)C(=O)/C1=C/c1ccc(Cl)cc1Cl. The first-order chi connectivity index (χ1) is 11.9. The molecule has 0 aliphatic carbocycles. The number of hydrogen-bond acceptors (Lipinski definition) is 3. The first-order valence-electron chi connectivity index (χ1n) is 6.99. The molecule has 0 radical (unpaired) electrons. The lowest BCUT2D eigenvalue weighted by atomic mass is 10.1. The van der Waals surface area contributed by atoms with E-state index in [1.165, 1.54) is 17.0 Å². The van der Waals surface area contributed by atoms with Gasteiger partial charge in [0.25, 0.3) is 11.8 Å². The summed E-state index contributed by atoms with van der Waals surface area (Å²) < 4.78 is 0.781. The summed E-state index contributed by atoms with van der Waals surface area (Å²) in [4.78, 5) is 26.4. The lowest BCUT2D eigenvalue weighted by molar-refractivity contribution is -0.122. The van der Waals surface area contributed by atoms with Gasteiger partial charge in [0.15, 0.2) is 5.11 Å². The number of nitrogens with one attached hydrogen (secondary N) is 1. The van der Waals surface area contributed by atoms with E-state index in [0.717, 1.165) is 4.47 Å². The van der Waals surface area contributed by atoms with Gasteiger partial charge in [-0.15, -0.1) is 0 Å². The third-order valence-corrected chi connectivity index (χ3v) is 4.77. The highest BCUT2D eigenvalue weighted by atomic mass is 79.9. The summed E-state index contributed by atoms with van der Waals surface area (Å²) in [5.74, 6) is -1.11. The minimum Gasteiger partial charge on any atom is -0.298 e. The lowest BCUT2D eigenvalue weighted by Crippen LogP contribution is -2.54. The average Bonchev–Trinajstić information content (AvgIpc) is 2.53. The molecule has 0 unspecified atom stereocenters. The Kier molecular flexibility index (Phi) is 5.24. The maximum atomic E-state index is 12.9. The summed E-state index contributed by atoms with van der Waals surface area (Å²) in [6.07, 6.45) is 1.42. The smallest absolute Gasteiger partial charge is 0.270 e. The van der Waals surface area contributed by atoms with Crippen LogP contribution in [0, 0.1) is 0 Å². The second-order valence-electron chi connectivity index (χ2n) is 5.10. The van der Waals surface area contributed by atoms with Crippen LogP contribution >= 0.6 is 51.3 Å². The van der Waals surface area contributed by atoms with E-state index in [4.69, 9.17) is 35.4 Å². The van der Waals surface area contributed by atoms with Gasteiger partial charge in [-0.3, -0.25) is 19.8 Å². The molecule has 126 valence electrons. The molecular weight excluding hydrogens is 447 g/mol. The van der Waals surface area contributed by atoms with E-state index in [1.807, 2.05) is 6.07 Å². The predicted molar refractivity (Wildman–Crippen MR) is 107 cm³/mol. The van der Waals surface area contributed by atoms with Crippen LogP contribution in [0.25, 0.3) is 6.08 Å². The summed E-state index contributed by atoms with van der Waals surface area (Å²) >= 11 is 20.5. The fourth-order valence-corrected chi connectivity index (χ4v) is 3.41. The molecule has 0 atom stereocenters. The van der Waals surface area contributed by atoms with E-state index in [2.05, 4.69) is 21.2 Å². The molecule has 1 N–H and O–H groups in total. The third-order valence-electron chi connectivity index (χ3n) is 3.43. The monoisotopic (exact) mass is 454 g/mol. The maximum absolute atomic E-state index is 12.9. The highest BCUT2D eigenvalue weighted by Gasteiger charge is 2.34. The first-order valence-corrected chi connectivity index (χ1v) is 8.94. The highest BCUT2D eigenvalue weighted by molar-refractivity contribution is 9.10. The standard InChI is InChI=1S/C17H9BrCl2N2O2S/c18-10-2-1-3-12(7-10)22-16(24)13(15(23)21-17(22)25)6-9-4-5-11(19)8-14(9)20/h1-8H,(H,21,23,25)/b13-6+. The van der Waals surface area contributed by atoms with Crippen LogP contribution in [0.5, 0.6) is 0 Å². The molecule has 1 aliphatic rings. The van der Waals surface area contributed by atoms with Crippen molar-refractivity contribution in [2.24, 2.45) is 0 Å². The second kappa shape index (κ2) is 7.25. The van der Waals surface area contributed by atoms with Crippen molar-refractivity contribution >= 4 is 80.0 Å². The number of thiocarbonyl (C=S) groups is 1. The van der Waals surface area contributed by atoms with Crippen molar-refractivity contribution in [2.45, 2.75) is 0 Å². The Labute approximate surface area is 167 Å². The molecule has 2 amide bonds. The van der Waals surface area contributed by atoms with E-state index in [1.54, 1.807) is 30.3 Å². The summed E-state index contributed by atoms with van der Waals surface area (Å²) in [6, 6.07) is 11.8. The van der Waals surface area contributed by atoms with Gasteiger partial charge in [-0.2, -0.15) is 0 Å². The summed E-state index contributed by atoms with van der Waals surface area (Å²) in [6.45, 7) is 0. The van der Waals surface area contributed by atoms with E-state index >= 15 is 0 Å². The average molecular weight is 456 g/mol. The molecule has 3 rings (SSSR count). The van der Waals surface area contributed by atoms with Crippen LogP contribution in [0.1, 0.15) is 5.56 Å². The molecule has 1 heterocycles. The van der Waals surface area contributed by atoms with Crippen molar-refractivity contribution in [1.29, 1.82) is 0 Å². The number of hydrogen-bond donors (Lipinski definition) is 1. The topological polar surface area (TPSA) is 49.4 Å². The van der Waals surface area contributed by atoms with Crippen LogP contribution in [0.2, 0.25) is 10.0 Å². The number of rotatable bonds is 2. The fourth-order valence-electron chi connectivity index (χ4n) is 2.28. The number of benzene rings is 2. The molecule has 1 saturated heterocycles. The number of carbonyl (C=O) groups excluding carboxylic acids is 2. The third kappa shape index (κ3) is 3.77. The largest absolute Gasteiger partial charge is 0.298 e. The van der Waals surface area contributed by atoms with E-state index in [-0.39, 0.29) is 10.7 Å². The highest BCUT2D eigenvalue weighted by Crippen LogP contribution is 2.27. The Hall–Kier alpha value is -1.73. The summed E-state index contributed by atoms with van der Waals surface area (Å²) in [7, 11) is 0. The fraction of sp³-hybridized carbons (Fsp3) is 0. The number of nitrogens with zero attached hydrogens (tertiary/aromatic N) is 1. The lowest BCUT2D eigenvalue weighted by Gasteiger charge is -2.29. The van der Waals surface area contributed by atoms with Gasteiger partial charge in [-0.05, 0) is 54.2 Å². The minimum atomic E-state index is -0.577. The van der Waals surface area contributed by atoms with Crippen molar-refractivity contribution in [3.8, 4) is 0 Å². The van der Waals surface area contributed by atoms with Crippen molar-refractivity contribution < 1.29 is 9.59 Å². The Morgan fingerprint density at radius 2 is 1.88 bits per heavy atom. The molecule has 8 heteroatoms. The Morgan fingerprint density at radius 1 is 1.12 bits per heavy atom. The number of carbonyl (C=O) groups is 2. The Balaban J connectivity index is 2.05. The molecule has 4 nitrogen and oxygen atoms in total. The Morgan fingerprint density at radius 3 is 2.56 bits per heavy atom. The number of anilines is 1. The van der Waals surface area contributed by atoms with Crippen molar-refractivity contribution in [3.05, 3.63) is 68.1 Å². The zero-order chi connectivity index (χ0) is 18.1. The van der Waals surface area contributed by atoms with Crippen LogP contribution in [-0.2, 0) is 9.59 Å². The van der Waals surface area contributed by atoms with Crippen molar-refractivity contribution in [2.75, 3.05) is 4.90 Å². The molecule has 0 saturated carbocycles. The van der Waals surface area contributed by atoms with Crippen molar-refractivity contribution in [3.63, 3.8) is 0 Å². The predicted octanol–water partition coefficient (Wildman–Crippen LogP) is 4.59. The number of amides is 2. The molecule has 0 bridgehead atoms. The van der Waals surface area contributed by atoms with Crippen LogP contribution in [0.4, 0.5) is 5.69 Å². The summed E-state index contributed by atoms with van der Waals surface area (Å²) in [5, 5.41) is 3.34. The quantitative estimate of drug-likeness (QED) is 0.409. The molecule has 1 aliphatic heterocycles. The second-order valence-corrected chi connectivity index (χ2v) is 7.25. The van der Waals surface area contributed by atoms with Gasteiger partial charge in [-0.25, -0.2) is 0 Å². The van der Waals surface area contributed by atoms with Gasteiger partial charge < -0.3 is 0 Å². The van der Waals surface area contributed by atoms with Crippen LogP contribution in [0.3, 0.4) is 0 Å².